The maximum Gasteiger partial charge on any atom is 0.160 e. The number of nitrogens with zero attached hydrogens (tertiary/aromatic N) is 2. The molecule has 0 bridgehead atoms. The third-order valence-corrected chi connectivity index (χ3v) is 13.0. The molecule has 11 aromatic rings. The molecule has 1 aliphatic carbocycles. The number of benzene rings is 10. The van der Waals surface area contributed by atoms with Gasteiger partial charge in [0.1, 0.15) is 0 Å². The lowest BCUT2D eigenvalue weighted by Gasteiger charge is -2.25. The van der Waals surface area contributed by atoms with Crippen LogP contribution in [0.1, 0.15) is 25.0 Å². The van der Waals surface area contributed by atoms with Crippen molar-refractivity contribution in [2.45, 2.75) is 19.3 Å². The van der Waals surface area contributed by atoms with Gasteiger partial charge in [0.25, 0.3) is 0 Å². The predicted octanol–water partition coefficient (Wildman–Crippen LogP) is 15.7. The highest BCUT2D eigenvalue weighted by atomic mass is 14.9. The minimum Gasteiger partial charge on any atom is -0.228 e. The molecular weight excluding hydrogens is 737 g/mol. The van der Waals surface area contributed by atoms with E-state index < -0.39 is 0 Å². The van der Waals surface area contributed by atoms with E-state index in [-0.39, 0.29) is 5.41 Å². The fourth-order valence-electron chi connectivity index (χ4n) is 10.1. The van der Waals surface area contributed by atoms with Crippen LogP contribution in [0.15, 0.2) is 206 Å². The Balaban J connectivity index is 1.02. The minimum atomic E-state index is -0.160. The molecule has 0 spiro atoms. The van der Waals surface area contributed by atoms with Gasteiger partial charge in [-0.15, -0.1) is 0 Å². The van der Waals surface area contributed by atoms with Crippen LogP contribution in [0.25, 0.3) is 110 Å². The lowest BCUT2D eigenvalue weighted by atomic mass is 9.77. The van der Waals surface area contributed by atoms with Crippen LogP contribution in [-0.2, 0) is 5.41 Å². The van der Waals surface area contributed by atoms with Gasteiger partial charge < -0.3 is 0 Å². The first-order valence-electron chi connectivity index (χ1n) is 21.1. The molecule has 0 fully saturated rings. The van der Waals surface area contributed by atoms with Crippen LogP contribution in [0.5, 0.6) is 0 Å². The van der Waals surface area contributed by atoms with Gasteiger partial charge in [0.15, 0.2) is 5.82 Å². The zero-order chi connectivity index (χ0) is 40.7. The van der Waals surface area contributed by atoms with Crippen molar-refractivity contribution in [3.63, 3.8) is 0 Å². The standard InChI is InChI=1S/C59H40N2/c1-59(2)54-35-41-20-9-8-19-40(41)34-53(54)52-26-14-25-51(57(52)59)49-30-29-47(43-21-10-11-22-44(43)49)48-31-32-50(46-24-13-12-23-45(46)48)56-36-55(60-58(61-56)38-16-4-3-5-17-38)42-28-27-37-15-6-7-18-39(37)33-42/h3-36H,1-2H3. The number of hydrogen-bond donors (Lipinski definition) is 0. The Morgan fingerprint density at radius 3 is 1.46 bits per heavy atom. The number of rotatable bonds is 5. The smallest absolute Gasteiger partial charge is 0.160 e. The van der Waals surface area contributed by atoms with Gasteiger partial charge in [-0.05, 0) is 112 Å². The Morgan fingerprint density at radius 1 is 0.311 bits per heavy atom. The first-order chi connectivity index (χ1) is 30.0. The van der Waals surface area contributed by atoms with E-state index >= 15 is 0 Å². The molecule has 0 saturated heterocycles. The second kappa shape index (κ2) is 13.7. The molecule has 0 unspecified atom stereocenters. The van der Waals surface area contributed by atoms with Crippen molar-refractivity contribution in [1.29, 1.82) is 0 Å². The van der Waals surface area contributed by atoms with E-state index in [0.29, 0.717) is 5.82 Å². The van der Waals surface area contributed by atoms with Crippen molar-refractivity contribution in [3.8, 4) is 67.3 Å². The molecule has 0 radical (unpaired) electrons. The lowest BCUT2D eigenvalue weighted by Crippen LogP contribution is -2.16. The normalized spacial score (nSPS) is 12.9. The fourth-order valence-corrected chi connectivity index (χ4v) is 10.1. The summed E-state index contributed by atoms with van der Waals surface area (Å²) in [6.07, 6.45) is 0. The first-order valence-corrected chi connectivity index (χ1v) is 21.1. The molecule has 2 heteroatoms. The molecule has 1 heterocycles. The Kier molecular flexibility index (Phi) is 7.92. The quantitative estimate of drug-likeness (QED) is 0.174. The van der Waals surface area contributed by atoms with Gasteiger partial charge >= 0.3 is 0 Å². The van der Waals surface area contributed by atoms with Gasteiger partial charge in [0, 0.05) is 22.1 Å². The second-order valence-corrected chi connectivity index (χ2v) is 16.9. The molecular formula is C59H40N2. The van der Waals surface area contributed by atoms with Gasteiger partial charge in [-0.3, -0.25) is 0 Å². The van der Waals surface area contributed by atoms with E-state index in [0.717, 1.165) is 33.5 Å². The van der Waals surface area contributed by atoms with Gasteiger partial charge in [-0.2, -0.15) is 0 Å². The van der Waals surface area contributed by atoms with Crippen LogP contribution in [0.4, 0.5) is 0 Å². The van der Waals surface area contributed by atoms with E-state index in [1.165, 1.54) is 82.2 Å². The van der Waals surface area contributed by atoms with E-state index in [1.807, 2.05) is 18.2 Å². The molecule has 0 N–H and O–H groups in total. The summed E-state index contributed by atoms with van der Waals surface area (Å²) < 4.78 is 0. The summed E-state index contributed by atoms with van der Waals surface area (Å²) in [6, 6.07) is 75.0. The van der Waals surface area contributed by atoms with Crippen molar-refractivity contribution in [2.24, 2.45) is 0 Å². The third-order valence-electron chi connectivity index (χ3n) is 13.0. The third kappa shape index (κ3) is 5.64. The van der Waals surface area contributed by atoms with Crippen LogP contribution < -0.4 is 0 Å². The van der Waals surface area contributed by atoms with Crippen LogP contribution in [0.3, 0.4) is 0 Å². The molecule has 2 nitrogen and oxygen atoms in total. The van der Waals surface area contributed by atoms with Crippen LogP contribution in [-0.4, -0.2) is 9.97 Å². The molecule has 0 aliphatic heterocycles. The minimum absolute atomic E-state index is 0.160. The summed E-state index contributed by atoms with van der Waals surface area (Å²) in [5.74, 6) is 0.711. The summed E-state index contributed by atoms with van der Waals surface area (Å²) in [5.41, 5.74) is 15.2. The molecule has 0 amide bonds. The van der Waals surface area contributed by atoms with Crippen molar-refractivity contribution in [3.05, 3.63) is 217 Å². The van der Waals surface area contributed by atoms with Crippen molar-refractivity contribution in [1.82, 2.24) is 9.97 Å². The van der Waals surface area contributed by atoms with Crippen molar-refractivity contribution >= 4 is 43.1 Å². The Labute approximate surface area is 355 Å². The largest absolute Gasteiger partial charge is 0.228 e. The number of hydrogen-bond acceptors (Lipinski definition) is 2. The highest BCUT2D eigenvalue weighted by molar-refractivity contribution is 6.13. The van der Waals surface area contributed by atoms with Crippen LogP contribution in [0, 0.1) is 0 Å². The predicted molar refractivity (Wildman–Crippen MR) is 257 cm³/mol. The highest BCUT2D eigenvalue weighted by Gasteiger charge is 2.38. The molecule has 61 heavy (non-hydrogen) atoms. The maximum atomic E-state index is 5.27. The van der Waals surface area contributed by atoms with Crippen LogP contribution in [0.2, 0.25) is 0 Å². The van der Waals surface area contributed by atoms with Gasteiger partial charge in [-0.1, -0.05) is 196 Å². The van der Waals surface area contributed by atoms with Gasteiger partial charge in [0.05, 0.1) is 11.4 Å². The second-order valence-electron chi connectivity index (χ2n) is 16.9. The monoisotopic (exact) mass is 776 g/mol. The van der Waals surface area contributed by atoms with E-state index in [9.17, 15) is 0 Å². The van der Waals surface area contributed by atoms with Crippen molar-refractivity contribution < 1.29 is 0 Å². The molecule has 1 aliphatic rings. The topological polar surface area (TPSA) is 25.8 Å². The SMILES string of the molecule is CC1(C)c2cc3ccccc3cc2-c2cccc(-c3ccc(-c4ccc(-c5cc(-c6ccc7ccccc7c6)nc(-c6ccccc6)n5)c5ccccc45)c4ccccc34)c21. The average Bonchev–Trinajstić information content (AvgIpc) is 3.55. The summed E-state index contributed by atoms with van der Waals surface area (Å²) in [5, 5.41) is 9.81. The summed E-state index contributed by atoms with van der Waals surface area (Å²) >= 11 is 0. The Morgan fingerprint density at radius 2 is 0.803 bits per heavy atom. The Hall–Kier alpha value is -7.68. The lowest BCUT2D eigenvalue weighted by molar-refractivity contribution is 0.663. The molecule has 0 saturated carbocycles. The average molecular weight is 777 g/mol. The zero-order valence-electron chi connectivity index (χ0n) is 34.0. The Bertz CT molecular complexity index is 3560. The van der Waals surface area contributed by atoms with Crippen LogP contribution >= 0.6 is 0 Å². The van der Waals surface area contributed by atoms with Gasteiger partial charge in [0.2, 0.25) is 0 Å². The van der Waals surface area contributed by atoms with Gasteiger partial charge in [-0.25, -0.2) is 9.97 Å². The summed E-state index contributed by atoms with van der Waals surface area (Å²) in [4.78, 5) is 10.4. The maximum absolute atomic E-state index is 5.27. The number of aromatic nitrogens is 2. The molecule has 1 aromatic heterocycles. The molecule has 10 aromatic carbocycles. The highest BCUT2D eigenvalue weighted by Crippen LogP contribution is 2.54. The number of fused-ring (bicyclic) bond motifs is 7. The summed E-state index contributed by atoms with van der Waals surface area (Å²) in [6.45, 7) is 4.79. The molecule has 286 valence electrons. The zero-order valence-corrected chi connectivity index (χ0v) is 34.0. The van der Waals surface area contributed by atoms with E-state index in [1.54, 1.807) is 0 Å². The molecule has 12 rings (SSSR count). The van der Waals surface area contributed by atoms with E-state index in [2.05, 4.69) is 202 Å². The van der Waals surface area contributed by atoms with Crippen molar-refractivity contribution in [2.75, 3.05) is 0 Å². The fraction of sp³-hybridized carbons (Fsp3) is 0.0508. The van der Waals surface area contributed by atoms with E-state index in [4.69, 9.17) is 9.97 Å². The first kappa shape index (κ1) is 35.3. The molecule has 0 atom stereocenters. The summed E-state index contributed by atoms with van der Waals surface area (Å²) in [7, 11) is 0.